The van der Waals surface area contributed by atoms with Gasteiger partial charge < -0.3 is 0 Å². The van der Waals surface area contributed by atoms with Crippen LogP contribution in [0.15, 0.2) is 0 Å². The normalized spacial score (nSPS) is 57.3. The molecule has 0 amide bonds. The van der Waals surface area contributed by atoms with Crippen molar-refractivity contribution in [2.45, 2.75) is 38.5 Å². The van der Waals surface area contributed by atoms with E-state index in [1.807, 2.05) is 0 Å². The molecule has 3 saturated heterocycles. The van der Waals surface area contributed by atoms with E-state index in [2.05, 4.69) is 0 Å². The number of hydrogen-bond donors (Lipinski definition) is 0. The Morgan fingerprint density at radius 3 is 1.76 bits per heavy atom. The van der Waals surface area contributed by atoms with E-state index in [4.69, 9.17) is 13.6 Å². The van der Waals surface area contributed by atoms with Crippen molar-refractivity contribution in [2.24, 2.45) is 16.7 Å². The van der Waals surface area contributed by atoms with Crippen molar-refractivity contribution in [3.8, 4) is 0 Å². The number of phosphoric acid groups is 1. The first kappa shape index (κ1) is 11.0. The highest BCUT2D eigenvalue weighted by Gasteiger charge is 2.62. The lowest BCUT2D eigenvalue weighted by atomic mass is 9.50. The number of rotatable bonds is 1. The molecule has 6 rings (SSSR count). The molecule has 3 aliphatic carbocycles. The van der Waals surface area contributed by atoms with Gasteiger partial charge in [0.05, 0.1) is 19.8 Å². The Kier molecular flexibility index (Phi) is 2.17. The molecule has 0 aromatic heterocycles. The van der Waals surface area contributed by atoms with Crippen LogP contribution in [-0.2, 0) is 18.1 Å². The van der Waals surface area contributed by atoms with Crippen molar-refractivity contribution in [2.75, 3.05) is 19.8 Å². The third-order valence-electron chi connectivity index (χ3n) is 5.72. The number of phosphoric ester groups is 1. The van der Waals surface area contributed by atoms with E-state index in [-0.39, 0.29) is 5.41 Å². The maximum absolute atomic E-state index is 11.8. The summed E-state index contributed by atoms with van der Waals surface area (Å²) in [7, 11) is -3.15. The molecule has 0 atom stereocenters. The van der Waals surface area contributed by atoms with Gasteiger partial charge in [-0.15, -0.1) is 0 Å². The summed E-state index contributed by atoms with van der Waals surface area (Å²) in [4.78, 5) is 0. The Hall–Kier alpha value is 0.110. The zero-order valence-corrected chi connectivity index (χ0v) is 10.9. The average molecular weight is 258 g/mol. The van der Waals surface area contributed by atoms with E-state index in [0.717, 1.165) is 5.92 Å². The minimum Gasteiger partial charge on any atom is -0.286 e. The van der Waals surface area contributed by atoms with Crippen molar-refractivity contribution >= 4 is 7.82 Å². The molecule has 17 heavy (non-hydrogen) atoms. The molecule has 0 spiro atoms. The van der Waals surface area contributed by atoms with Crippen molar-refractivity contribution in [1.82, 2.24) is 0 Å². The second-order valence-corrected chi connectivity index (χ2v) is 7.98. The molecule has 0 aromatic rings. The Morgan fingerprint density at radius 1 is 0.824 bits per heavy atom. The van der Waals surface area contributed by atoms with Gasteiger partial charge in [0, 0.05) is 5.41 Å². The monoisotopic (exact) mass is 258 g/mol. The fourth-order valence-corrected chi connectivity index (χ4v) is 5.79. The predicted octanol–water partition coefficient (Wildman–Crippen LogP) is 3.13. The zero-order chi connectivity index (χ0) is 11.6. The standard InChI is InChI=1S/C12H19O4P/c13-17-14-7-12(8-15-17,9-16-17)11-4-1-10(2-5-11)3-6-11/h10H,1-9H2. The maximum Gasteiger partial charge on any atom is 0.474 e. The molecule has 6 fully saturated rings. The van der Waals surface area contributed by atoms with Crippen LogP contribution in [-0.4, -0.2) is 19.8 Å². The fraction of sp³-hybridized carbons (Fsp3) is 1.00. The molecule has 96 valence electrons. The predicted molar refractivity (Wildman–Crippen MR) is 61.5 cm³/mol. The summed E-state index contributed by atoms with van der Waals surface area (Å²) in [5.74, 6) is 0.953. The SMILES string of the molecule is O=P12OCC(C34CCC(CC3)CC4)(CO1)CO2. The van der Waals surface area contributed by atoms with Crippen molar-refractivity contribution in [3.63, 3.8) is 0 Å². The molecule has 4 bridgehead atoms. The highest BCUT2D eigenvalue weighted by molar-refractivity contribution is 7.48. The molecule has 3 saturated carbocycles. The molecule has 6 aliphatic rings. The molecule has 3 heterocycles. The van der Waals surface area contributed by atoms with Crippen LogP contribution in [0, 0.1) is 16.7 Å². The summed E-state index contributed by atoms with van der Waals surface area (Å²) in [6.45, 7) is 1.73. The molecule has 5 heteroatoms. The summed E-state index contributed by atoms with van der Waals surface area (Å²) in [5.41, 5.74) is 0.304. The zero-order valence-electron chi connectivity index (χ0n) is 10.0. The Morgan fingerprint density at radius 2 is 1.29 bits per heavy atom. The Labute approximate surface area is 102 Å². The topological polar surface area (TPSA) is 44.8 Å². The largest absolute Gasteiger partial charge is 0.474 e. The van der Waals surface area contributed by atoms with Gasteiger partial charge in [0.1, 0.15) is 0 Å². The molecular weight excluding hydrogens is 239 g/mol. The van der Waals surface area contributed by atoms with Gasteiger partial charge >= 0.3 is 7.82 Å². The fourth-order valence-electron chi connectivity index (χ4n) is 4.35. The van der Waals surface area contributed by atoms with Crippen molar-refractivity contribution in [3.05, 3.63) is 0 Å². The Bertz CT molecular complexity index is 341. The first-order valence-corrected chi connectivity index (χ1v) is 8.15. The van der Waals surface area contributed by atoms with Gasteiger partial charge in [-0.2, -0.15) is 0 Å². The van der Waals surface area contributed by atoms with E-state index >= 15 is 0 Å². The van der Waals surface area contributed by atoms with Crippen LogP contribution >= 0.6 is 7.82 Å². The lowest BCUT2D eigenvalue weighted by molar-refractivity contribution is -0.186. The number of fused-ring (bicyclic) bond motifs is 6. The Balaban J connectivity index is 1.67. The molecule has 0 unspecified atom stereocenters. The molecule has 3 aliphatic heterocycles. The van der Waals surface area contributed by atoms with E-state index in [0.29, 0.717) is 25.2 Å². The smallest absolute Gasteiger partial charge is 0.286 e. The second kappa shape index (κ2) is 3.36. The second-order valence-electron chi connectivity index (χ2n) is 6.31. The van der Waals surface area contributed by atoms with Gasteiger partial charge in [-0.1, -0.05) is 0 Å². The average Bonchev–Trinajstić information content (AvgIpc) is 2.42. The highest BCUT2D eigenvalue weighted by Crippen LogP contribution is 2.68. The lowest BCUT2D eigenvalue weighted by Crippen LogP contribution is -2.58. The van der Waals surface area contributed by atoms with E-state index in [1.54, 1.807) is 0 Å². The van der Waals surface area contributed by atoms with Crippen LogP contribution < -0.4 is 0 Å². The first-order chi connectivity index (χ1) is 8.16. The lowest BCUT2D eigenvalue weighted by Gasteiger charge is -2.60. The summed E-state index contributed by atoms with van der Waals surface area (Å²) in [6, 6.07) is 0. The van der Waals surface area contributed by atoms with Crippen LogP contribution in [0.3, 0.4) is 0 Å². The van der Waals surface area contributed by atoms with Gasteiger partial charge in [-0.25, -0.2) is 4.57 Å². The van der Waals surface area contributed by atoms with Crippen LogP contribution in [0.1, 0.15) is 38.5 Å². The molecule has 0 radical (unpaired) electrons. The van der Waals surface area contributed by atoms with Gasteiger partial charge in [0.15, 0.2) is 0 Å². The molecular formula is C12H19O4P. The van der Waals surface area contributed by atoms with Crippen LogP contribution in [0.2, 0.25) is 0 Å². The molecule has 0 aromatic carbocycles. The first-order valence-electron chi connectivity index (χ1n) is 6.69. The summed E-state index contributed by atoms with van der Waals surface area (Å²) >= 11 is 0. The van der Waals surface area contributed by atoms with Gasteiger partial charge in [0.2, 0.25) is 0 Å². The van der Waals surface area contributed by atoms with Crippen LogP contribution in [0.25, 0.3) is 0 Å². The van der Waals surface area contributed by atoms with Crippen molar-refractivity contribution < 1.29 is 18.1 Å². The van der Waals surface area contributed by atoms with E-state index in [9.17, 15) is 4.57 Å². The highest BCUT2D eigenvalue weighted by atomic mass is 31.2. The van der Waals surface area contributed by atoms with Crippen LogP contribution in [0.4, 0.5) is 0 Å². The van der Waals surface area contributed by atoms with E-state index < -0.39 is 7.82 Å². The minimum atomic E-state index is -3.15. The van der Waals surface area contributed by atoms with Gasteiger partial charge in [-0.05, 0) is 49.9 Å². The van der Waals surface area contributed by atoms with E-state index in [1.165, 1.54) is 38.5 Å². The summed E-state index contributed by atoms with van der Waals surface area (Å²) in [6.07, 6.45) is 7.87. The van der Waals surface area contributed by atoms with Gasteiger partial charge in [0.25, 0.3) is 0 Å². The van der Waals surface area contributed by atoms with Crippen molar-refractivity contribution in [1.29, 1.82) is 0 Å². The van der Waals surface area contributed by atoms with Gasteiger partial charge in [-0.3, -0.25) is 13.6 Å². The quantitative estimate of drug-likeness (QED) is 0.678. The van der Waals surface area contributed by atoms with Crippen LogP contribution in [0.5, 0.6) is 0 Å². The maximum atomic E-state index is 11.8. The molecule has 0 N–H and O–H groups in total. The number of hydrogen-bond acceptors (Lipinski definition) is 4. The third kappa shape index (κ3) is 1.39. The summed E-state index contributed by atoms with van der Waals surface area (Å²) < 4.78 is 27.9. The minimum absolute atomic E-state index is 0.0233. The third-order valence-corrected chi connectivity index (χ3v) is 7.05. The summed E-state index contributed by atoms with van der Waals surface area (Å²) in [5, 5.41) is 0. The molecule has 4 nitrogen and oxygen atoms in total.